The number of H-pyrrole nitrogens is 1. The highest BCUT2D eigenvalue weighted by atomic mass is 16.1. The maximum atomic E-state index is 11.9. The van der Waals surface area contributed by atoms with Crippen molar-refractivity contribution < 1.29 is 0 Å². The number of aromatic amines is 1. The van der Waals surface area contributed by atoms with Crippen LogP contribution in [0.1, 0.15) is 36.6 Å². The first-order valence-corrected chi connectivity index (χ1v) is 6.09. The van der Waals surface area contributed by atoms with Crippen LogP contribution < -0.4 is 11.3 Å². The summed E-state index contributed by atoms with van der Waals surface area (Å²) in [5.41, 5.74) is 8.12. The van der Waals surface area contributed by atoms with Crippen LogP contribution in [0.2, 0.25) is 0 Å². The first kappa shape index (κ1) is 10.5. The van der Waals surface area contributed by atoms with Crippen LogP contribution >= 0.6 is 0 Å². The molecule has 5 heteroatoms. The van der Waals surface area contributed by atoms with Crippen molar-refractivity contribution in [2.75, 3.05) is 6.54 Å². The fourth-order valence-electron chi connectivity index (χ4n) is 2.07. The highest BCUT2D eigenvalue weighted by Crippen LogP contribution is 2.39. The van der Waals surface area contributed by atoms with Gasteiger partial charge in [-0.05, 0) is 32.2 Å². The van der Waals surface area contributed by atoms with Gasteiger partial charge in [0.2, 0.25) is 0 Å². The molecule has 2 aromatic rings. The molecule has 0 aromatic carbocycles. The Bertz CT molecular complexity index is 594. The minimum Gasteiger partial charge on any atom is -0.330 e. The fraction of sp³-hybridized carbons (Fsp3) is 0.500. The number of hydrogen-bond acceptors (Lipinski definition) is 3. The zero-order chi connectivity index (χ0) is 11.8. The standard InChI is InChI=1S/C12H16N4O/c13-5-1-2-9-6-12(17)16-11(14-9)7-10(15-16)8-3-4-8/h6-8,15H,1-5,13H2. The van der Waals surface area contributed by atoms with Crippen molar-refractivity contribution in [3.05, 3.63) is 33.9 Å². The van der Waals surface area contributed by atoms with E-state index in [0.29, 0.717) is 12.5 Å². The van der Waals surface area contributed by atoms with E-state index in [4.69, 9.17) is 5.73 Å². The maximum Gasteiger partial charge on any atom is 0.272 e. The summed E-state index contributed by atoms with van der Waals surface area (Å²) < 4.78 is 1.53. The van der Waals surface area contributed by atoms with E-state index in [1.165, 1.54) is 17.4 Å². The highest BCUT2D eigenvalue weighted by molar-refractivity contribution is 5.41. The predicted molar refractivity (Wildman–Crippen MR) is 65.2 cm³/mol. The van der Waals surface area contributed by atoms with E-state index in [1.807, 2.05) is 6.07 Å². The van der Waals surface area contributed by atoms with Crippen molar-refractivity contribution in [3.8, 4) is 0 Å². The Balaban J connectivity index is 2.02. The third-order valence-corrected chi connectivity index (χ3v) is 3.18. The van der Waals surface area contributed by atoms with Crippen molar-refractivity contribution in [1.29, 1.82) is 0 Å². The predicted octanol–water partition coefficient (Wildman–Crippen LogP) is 0.791. The van der Waals surface area contributed by atoms with Gasteiger partial charge < -0.3 is 5.73 Å². The number of fused-ring (bicyclic) bond motifs is 1. The van der Waals surface area contributed by atoms with E-state index in [-0.39, 0.29) is 5.56 Å². The van der Waals surface area contributed by atoms with Crippen LogP contribution in [0.3, 0.4) is 0 Å². The molecule has 1 aliphatic rings. The molecule has 0 bridgehead atoms. The van der Waals surface area contributed by atoms with Gasteiger partial charge in [-0.1, -0.05) is 0 Å². The summed E-state index contributed by atoms with van der Waals surface area (Å²) in [5.74, 6) is 0.601. The van der Waals surface area contributed by atoms with Gasteiger partial charge in [-0.3, -0.25) is 9.89 Å². The molecule has 1 fully saturated rings. The van der Waals surface area contributed by atoms with Gasteiger partial charge in [0, 0.05) is 29.4 Å². The topological polar surface area (TPSA) is 76.2 Å². The smallest absolute Gasteiger partial charge is 0.272 e. The van der Waals surface area contributed by atoms with E-state index in [9.17, 15) is 4.79 Å². The van der Waals surface area contributed by atoms with Gasteiger partial charge >= 0.3 is 0 Å². The van der Waals surface area contributed by atoms with Crippen molar-refractivity contribution in [2.24, 2.45) is 5.73 Å². The molecule has 0 aliphatic heterocycles. The highest BCUT2D eigenvalue weighted by Gasteiger charge is 2.25. The minimum atomic E-state index is -0.0334. The van der Waals surface area contributed by atoms with Crippen LogP contribution in [-0.2, 0) is 6.42 Å². The number of nitrogens with two attached hydrogens (primary N) is 1. The molecule has 1 saturated carbocycles. The average Bonchev–Trinajstić information content (AvgIpc) is 3.07. The number of nitrogens with one attached hydrogen (secondary N) is 1. The fourth-order valence-corrected chi connectivity index (χ4v) is 2.07. The molecule has 0 atom stereocenters. The first-order valence-electron chi connectivity index (χ1n) is 6.09. The molecule has 1 aliphatic carbocycles. The van der Waals surface area contributed by atoms with Crippen LogP contribution in [0.25, 0.3) is 5.65 Å². The quantitative estimate of drug-likeness (QED) is 0.818. The van der Waals surface area contributed by atoms with Crippen LogP contribution in [0.15, 0.2) is 16.9 Å². The van der Waals surface area contributed by atoms with Gasteiger partial charge in [0.1, 0.15) is 0 Å². The largest absolute Gasteiger partial charge is 0.330 e. The average molecular weight is 232 g/mol. The Morgan fingerprint density at radius 3 is 3.00 bits per heavy atom. The molecule has 2 aromatic heterocycles. The van der Waals surface area contributed by atoms with Gasteiger partial charge in [-0.25, -0.2) is 9.50 Å². The number of aryl methyl sites for hydroxylation is 1. The molecule has 90 valence electrons. The minimum absolute atomic E-state index is 0.0334. The van der Waals surface area contributed by atoms with E-state index >= 15 is 0 Å². The Kier molecular flexibility index (Phi) is 2.48. The SMILES string of the molecule is NCCCc1cc(=O)n2[nH]c(C3CC3)cc2n1. The van der Waals surface area contributed by atoms with Crippen molar-refractivity contribution in [2.45, 2.75) is 31.6 Å². The molecule has 0 saturated heterocycles. The lowest BCUT2D eigenvalue weighted by Gasteiger charge is -1.99. The van der Waals surface area contributed by atoms with E-state index in [0.717, 1.165) is 29.9 Å². The van der Waals surface area contributed by atoms with Crippen molar-refractivity contribution in [1.82, 2.24) is 14.6 Å². The lowest BCUT2D eigenvalue weighted by molar-refractivity contribution is 0.790. The Morgan fingerprint density at radius 1 is 1.47 bits per heavy atom. The van der Waals surface area contributed by atoms with E-state index in [1.54, 1.807) is 6.07 Å². The molecular weight excluding hydrogens is 216 g/mol. The Hall–Kier alpha value is -1.62. The molecule has 3 N–H and O–H groups in total. The molecule has 17 heavy (non-hydrogen) atoms. The summed E-state index contributed by atoms with van der Waals surface area (Å²) in [5, 5.41) is 3.13. The number of nitrogens with zero attached hydrogens (tertiary/aromatic N) is 2. The molecule has 2 heterocycles. The summed E-state index contributed by atoms with van der Waals surface area (Å²) in [6.45, 7) is 0.626. The van der Waals surface area contributed by atoms with Crippen LogP contribution in [0, 0.1) is 0 Å². The first-order chi connectivity index (χ1) is 8.28. The van der Waals surface area contributed by atoms with Gasteiger partial charge in [-0.2, -0.15) is 0 Å². The molecule has 5 nitrogen and oxygen atoms in total. The number of rotatable bonds is 4. The van der Waals surface area contributed by atoms with Crippen molar-refractivity contribution in [3.63, 3.8) is 0 Å². The van der Waals surface area contributed by atoms with Crippen LogP contribution in [0.4, 0.5) is 0 Å². The molecule has 0 unspecified atom stereocenters. The molecule has 0 radical (unpaired) electrons. The third-order valence-electron chi connectivity index (χ3n) is 3.18. The second-order valence-corrected chi connectivity index (χ2v) is 4.66. The van der Waals surface area contributed by atoms with Gasteiger partial charge in [-0.15, -0.1) is 0 Å². The number of aromatic nitrogens is 3. The van der Waals surface area contributed by atoms with E-state index in [2.05, 4.69) is 10.1 Å². The summed E-state index contributed by atoms with van der Waals surface area (Å²) in [6, 6.07) is 3.58. The lowest BCUT2D eigenvalue weighted by Crippen LogP contribution is -2.16. The number of hydrogen-bond donors (Lipinski definition) is 2. The van der Waals surface area contributed by atoms with Gasteiger partial charge in [0.25, 0.3) is 5.56 Å². The second kappa shape index (κ2) is 4.00. The zero-order valence-corrected chi connectivity index (χ0v) is 9.65. The summed E-state index contributed by atoms with van der Waals surface area (Å²) >= 11 is 0. The van der Waals surface area contributed by atoms with E-state index < -0.39 is 0 Å². The molecular formula is C12H16N4O. The van der Waals surface area contributed by atoms with Crippen LogP contribution in [-0.4, -0.2) is 21.1 Å². The lowest BCUT2D eigenvalue weighted by atomic mass is 10.2. The normalized spacial score (nSPS) is 15.6. The molecule has 0 spiro atoms. The van der Waals surface area contributed by atoms with Gasteiger partial charge in [0.05, 0.1) is 0 Å². The monoisotopic (exact) mass is 232 g/mol. The van der Waals surface area contributed by atoms with Crippen LogP contribution in [0.5, 0.6) is 0 Å². The summed E-state index contributed by atoms with van der Waals surface area (Å²) in [6.07, 6.45) is 4.05. The summed E-state index contributed by atoms with van der Waals surface area (Å²) in [4.78, 5) is 16.4. The van der Waals surface area contributed by atoms with Crippen molar-refractivity contribution >= 4 is 5.65 Å². The molecule has 3 rings (SSSR count). The van der Waals surface area contributed by atoms with Gasteiger partial charge in [0.15, 0.2) is 5.65 Å². The maximum absolute atomic E-state index is 11.9. The second-order valence-electron chi connectivity index (χ2n) is 4.66. The Morgan fingerprint density at radius 2 is 2.29 bits per heavy atom. The summed E-state index contributed by atoms with van der Waals surface area (Å²) in [7, 11) is 0. The third kappa shape index (κ3) is 1.98. The Labute approximate surface area is 98.6 Å². The molecule has 0 amide bonds. The zero-order valence-electron chi connectivity index (χ0n) is 9.65.